The van der Waals surface area contributed by atoms with Crippen LogP contribution in [0.4, 0.5) is 21.0 Å². The summed E-state index contributed by atoms with van der Waals surface area (Å²) in [5.74, 6) is -0.600. The molecule has 4 aliphatic heterocycles. The predicted octanol–water partition coefficient (Wildman–Crippen LogP) is 6.80. The number of nitrogens with zero attached hydrogens (tertiary/aromatic N) is 2. The lowest BCUT2D eigenvalue weighted by molar-refractivity contribution is -0.130. The molecule has 10 heteroatoms. The van der Waals surface area contributed by atoms with Crippen molar-refractivity contribution in [1.82, 2.24) is 21.3 Å². The van der Waals surface area contributed by atoms with Gasteiger partial charge in [-0.2, -0.15) is 0 Å². The molecular weight excluding hydrogens is 640 g/mol. The minimum Gasteiger partial charge on any atom is -0.322 e. The topological polar surface area (TPSA) is 123 Å². The Kier molecular flexibility index (Phi) is 9.02. The number of carbonyl (C=O) groups excluding carboxylic acids is 4. The first kappa shape index (κ1) is 37.0. The molecule has 6 amide bonds. The van der Waals surface area contributed by atoms with E-state index >= 15 is 0 Å². The van der Waals surface area contributed by atoms with Gasteiger partial charge < -0.3 is 21.3 Å². The summed E-state index contributed by atoms with van der Waals surface area (Å²) in [7, 11) is 0. The average Bonchev–Trinajstić information content (AvgIpc) is 3.50. The molecule has 0 aromatic heterocycles. The molecule has 0 saturated carbocycles. The zero-order chi connectivity index (χ0) is 37.4. The minimum atomic E-state index is -0.983. The fourth-order valence-electron chi connectivity index (χ4n) is 9.77. The van der Waals surface area contributed by atoms with Crippen LogP contribution in [-0.4, -0.2) is 57.1 Å². The Labute approximate surface area is 303 Å². The van der Waals surface area contributed by atoms with Gasteiger partial charge >= 0.3 is 12.1 Å². The number of urea groups is 2. The number of anilines is 2. The summed E-state index contributed by atoms with van der Waals surface area (Å²) in [6.07, 6.45) is 5.01. The molecular formula is C41H58N6O4. The van der Waals surface area contributed by atoms with E-state index in [1.54, 1.807) is 0 Å². The molecule has 2 aromatic carbocycles. The second-order valence-corrected chi connectivity index (χ2v) is 17.0. The van der Waals surface area contributed by atoms with Gasteiger partial charge in [0.05, 0.1) is 11.4 Å². The van der Waals surface area contributed by atoms with E-state index < -0.39 is 11.1 Å². The van der Waals surface area contributed by atoms with Crippen molar-refractivity contribution in [3.8, 4) is 0 Å². The van der Waals surface area contributed by atoms with E-state index in [9.17, 15) is 19.2 Å². The molecule has 10 nitrogen and oxygen atoms in total. The van der Waals surface area contributed by atoms with Crippen LogP contribution in [0.15, 0.2) is 48.5 Å². The SMILES string of the molecule is CCC1(C)CC2(NC(=O)N(c3ccc(Cc4ccc(N5C(=O)NC6(CC(C)(CC)NC(C)(CC)C6C)C5=O)cc4)cc3)C2=O)C(C)C(C)(CC)N1. The number of amides is 6. The van der Waals surface area contributed by atoms with Crippen LogP contribution in [0.25, 0.3) is 0 Å². The minimum absolute atomic E-state index is 0.109. The lowest BCUT2D eigenvalue weighted by Gasteiger charge is -2.56. The molecule has 4 fully saturated rings. The number of nitrogens with one attached hydrogen (secondary N) is 4. The quantitative estimate of drug-likeness (QED) is 0.225. The van der Waals surface area contributed by atoms with Gasteiger partial charge in [-0.1, -0.05) is 65.8 Å². The Hall–Kier alpha value is -3.76. The molecule has 4 heterocycles. The van der Waals surface area contributed by atoms with Gasteiger partial charge in [0.2, 0.25) is 0 Å². The Balaban J connectivity index is 1.18. The van der Waals surface area contributed by atoms with E-state index in [0.717, 1.165) is 36.8 Å². The van der Waals surface area contributed by atoms with Crippen LogP contribution in [0.5, 0.6) is 0 Å². The van der Waals surface area contributed by atoms with E-state index in [2.05, 4.69) is 90.5 Å². The Morgan fingerprint density at radius 1 is 0.569 bits per heavy atom. The third-order valence-electron chi connectivity index (χ3n) is 14.0. The van der Waals surface area contributed by atoms with E-state index in [1.807, 2.05) is 48.5 Å². The zero-order valence-electron chi connectivity index (χ0n) is 32.3. The van der Waals surface area contributed by atoms with Crippen molar-refractivity contribution in [2.75, 3.05) is 9.80 Å². The Morgan fingerprint density at radius 3 is 1.20 bits per heavy atom. The fraction of sp³-hybridized carbons (Fsp3) is 0.610. The number of imide groups is 2. The number of benzene rings is 2. The summed E-state index contributed by atoms with van der Waals surface area (Å²) >= 11 is 0. The van der Waals surface area contributed by atoms with Crippen molar-refractivity contribution in [3.63, 3.8) is 0 Å². The third kappa shape index (κ3) is 5.68. The molecule has 0 bridgehead atoms. The molecule has 8 atom stereocenters. The smallest absolute Gasteiger partial charge is 0.322 e. The molecule has 4 aliphatic rings. The summed E-state index contributed by atoms with van der Waals surface area (Å²) in [4.78, 5) is 58.1. The first-order valence-corrected chi connectivity index (χ1v) is 19.0. The highest BCUT2D eigenvalue weighted by Crippen LogP contribution is 2.48. The highest BCUT2D eigenvalue weighted by molar-refractivity contribution is 6.24. The van der Waals surface area contributed by atoms with E-state index in [0.29, 0.717) is 30.6 Å². The van der Waals surface area contributed by atoms with Gasteiger partial charge in [0.25, 0.3) is 11.8 Å². The van der Waals surface area contributed by atoms with E-state index in [-0.39, 0.29) is 57.9 Å². The van der Waals surface area contributed by atoms with Crippen LogP contribution in [-0.2, 0) is 16.0 Å². The summed E-state index contributed by atoms with van der Waals surface area (Å²) in [5.41, 5.74) is -0.0519. The number of rotatable bonds is 8. The predicted molar refractivity (Wildman–Crippen MR) is 202 cm³/mol. The maximum atomic E-state index is 14.2. The van der Waals surface area contributed by atoms with E-state index in [4.69, 9.17) is 0 Å². The van der Waals surface area contributed by atoms with Crippen molar-refractivity contribution in [2.24, 2.45) is 11.8 Å². The van der Waals surface area contributed by atoms with Crippen LogP contribution in [0.3, 0.4) is 0 Å². The number of carbonyl (C=O) groups is 4. The van der Waals surface area contributed by atoms with Crippen LogP contribution < -0.4 is 31.1 Å². The average molecular weight is 699 g/mol. The van der Waals surface area contributed by atoms with Gasteiger partial charge in [0.1, 0.15) is 11.1 Å². The summed E-state index contributed by atoms with van der Waals surface area (Å²) < 4.78 is 0. The lowest BCUT2D eigenvalue weighted by atomic mass is 9.61. The fourth-order valence-corrected chi connectivity index (χ4v) is 9.77. The third-order valence-corrected chi connectivity index (χ3v) is 14.0. The van der Waals surface area contributed by atoms with E-state index in [1.165, 1.54) is 9.80 Å². The molecule has 0 aliphatic carbocycles. The van der Waals surface area contributed by atoms with Gasteiger partial charge in [0.15, 0.2) is 0 Å². The van der Waals surface area contributed by atoms with Crippen molar-refractivity contribution in [3.05, 3.63) is 59.7 Å². The van der Waals surface area contributed by atoms with Crippen LogP contribution in [0.2, 0.25) is 0 Å². The molecule has 276 valence electrons. The number of hydrogen-bond donors (Lipinski definition) is 4. The van der Waals surface area contributed by atoms with Crippen molar-refractivity contribution in [2.45, 2.75) is 147 Å². The zero-order valence-corrected chi connectivity index (χ0v) is 32.3. The highest BCUT2D eigenvalue weighted by Gasteiger charge is 2.65. The van der Waals surface area contributed by atoms with Gasteiger partial charge in [0, 0.05) is 34.0 Å². The molecule has 4 saturated heterocycles. The molecule has 51 heavy (non-hydrogen) atoms. The first-order valence-electron chi connectivity index (χ1n) is 19.0. The molecule has 6 rings (SSSR count). The summed E-state index contributed by atoms with van der Waals surface area (Å²) in [6, 6.07) is 14.4. The standard InChI is InChI=1S/C41H58N6O4/c1-11-36(7)24-40(26(5)38(9,13-3)44-36)32(48)46(34(50)42-40)30-19-15-28(16-20-30)23-29-17-21-31(22-18-29)47-33(49)41(43-35(47)51)25-37(8,12-2)45-39(10,14-4)27(41)6/h15-22,26-27,44-45H,11-14,23-25H2,1-10H3,(H,42,50)(H,43,51). The van der Waals surface area contributed by atoms with Crippen molar-refractivity contribution >= 4 is 35.3 Å². The number of hydrogen-bond acceptors (Lipinski definition) is 6. The summed E-state index contributed by atoms with van der Waals surface area (Å²) in [6.45, 7) is 21.2. The van der Waals surface area contributed by atoms with Gasteiger partial charge in [-0.25, -0.2) is 19.4 Å². The second kappa shape index (κ2) is 12.4. The van der Waals surface area contributed by atoms with Crippen LogP contribution >= 0.6 is 0 Å². The normalized spacial score (nSPS) is 38.2. The molecule has 4 N–H and O–H groups in total. The first-order chi connectivity index (χ1) is 23.9. The van der Waals surface area contributed by atoms with Crippen LogP contribution in [0, 0.1) is 11.8 Å². The highest BCUT2D eigenvalue weighted by atomic mass is 16.2. The van der Waals surface area contributed by atoms with Crippen molar-refractivity contribution < 1.29 is 19.2 Å². The maximum Gasteiger partial charge on any atom is 0.329 e. The molecule has 2 spiro atoms. The number of piperidine rings is 2. The monoisotopic (exact) mass is 698 g/mol. The molecule has 2 aromatic rings. The van der Waals surface area contributed by atoms with Gasteiger partial charge in [-0.15, -0.1) is 0 Å². The van der Waals surface area contributed by atoms with Crippen LogP contribution in [0.1, 0.15) is 119 Å². The van der Waals surface area contributed by atoms with Crippen molar-refractivity contribution in [1.29, 1.82) is 0 Å². The van der Waals surface area contributed by atoms with Gasteiger partial charge in [-0.05, 0) is 108 Å². The van der Waals surface area contributed by atoms with Gasteiger partial charge in [-0.3, -0.25) is 9.59 Å². The Morgan fingerprint density at radius 2 is 0.902 bits per heavy atom. The molecule has 8 unspecified atom stereocenters. The summed E-state index contributed by atoms with van der Waals surface area (Å²) in [5, 5.41) is 13.9. The maximum absolute atomic E-state index is 14.2. The molecule has 0 radical (unpaired) electrons. The largest absolute Gasteiger partial charge is 0.329 e. The second-order valence-electron chi connectivity index (χ2n) is 17.0. The lowest BCUT2D eigenvalue weighted by Crippen LogP contribution is -2.74. The Bertz CT molecular complexity index is 1600.